The molecule has 6 nitrogen and oxygen atoms in total. The van der Waals surface area contributed by atoms with Crippen LogP contribution in [0, 0.1) is 5.82 Å². The summed E-state index contributed by atoms with van der Waals surface area (Å²) in [7, 11) is 0. The molecule has 1 saturated heterocycles. The molecule has 0 radical (unpaired) electrons. The van der Waals surface area contributed by atoms with Gasteiger partial charge in [-0.15, -0.1) is 0 Å². The molecule has 4 aromatic rings. The van der Waals surface area contributed by atoms with Crippen molar-refractivity contribution in [1.82, 2.24) is 15.0 Å². The molecule has 176 valence electrons. The number of benzene rings is 1. The van der Waals surface area contributed by atoms with Crippen LogP contribution in [-0.2, 0) is 6.18 Å². The van der Waals surface area contributed by atoms with E-state index in [1.807, 2.05) is 11.0 Å². The van der Waals surface area contributed by atoms with Crippen molar-refractivity contribution in [2.45, 2.75) is 25.1 Å². The first kappa shape index (κ1) is 22.0. The van der Waals surface area contributed by atoms with Gasteiger partial charge in [0.15, 0.2) is 0 Å². The van der Waals surface area contributed by atoms with Crippen molar-refractivity contribution >= 4 is 28.1 Å². The number of rotatable bonds is 5. The van der Waals surface area contributed by atoms with Crippen molar-refractivity contribution < 1.29 is 22.3 Å². The monoisotopic (exact) mass is 471 g/mol. The van der Waals surface area contributed by atoms with E-state index in [9.17, 15) is 17.6 Å². The first-order valence-corrected chi connectivity index (χ1v) is 10.8. The lowest BCUT2D eigenvalue weighted by Crippen LogP contribution is -2.38. The third kappa shape index (κ3) is 4.75. The van der Waals surface area contributed by atoms with Crippen LogP contribution >= 0.6 is 0 Å². The molecule has 0 atom stereocenters. The largest absolute Gasteiger partial charge is 0.474 e. The van der Waals surface area contributed by atoms with Gasteiger partial charge in [-0.2, -0.15) is 13.2 Å². The molecule has 0 saturated carbocycles. The number of piperidine rings is 1. The van der Waals surface area contributed by atoms with Gasteiger partial charge in [0, 0.05) is 67.2 Å². The molecule has 1 fully saturated rings. The Morgan fingerprint density at radius 1 is 1.06 bits per heavy atom. The van der Waals surface area contributed by atoms with Gasteiger partial charge in [0.1, 0.15) is 23.4 Å². The second kappa shape index (κ2) is 8.85. The van der Waals surface area contributed by atoms with Gasteiger partial charge >= 0.3 is 6.18 Å². The number of anilines is 3. The Morgan fingerprint density at radius 3 is 2.62 bits per heavy atom. The van der Waals surface area contributed by atoms with Crippen molar-refractivity contribution in [2.75, 3.05) is 23.3 Å². The lowest BCUT2D eigenvalue weighted by molar-refractivity contribution is -0.141. The van der Waals surface area contributed by atoms with E-state index in [4.69, 9.17) is 4.74 Å². The number of hydrogen-bond acceptors (Lipinski definition) is 5. The van der Waals surface area contributed by atoms with Crippen LogP contribution in [0.4, 0.5) is 34.8 Å². The van der Waals surface area contributed by atoms with Crippen molar-refractivity contribution in [1.29, 1.82) is 0 Å². The number of hydrogen-bond donors (Lipinski definition) is 2. The first-order chi connectivity index (χ1) is 16.3. The smallest absolute Gasteiger partial charge is 0.433 e. The fraction of sp³-hybridized carbons (Fsp3) is 0.250. The Hall–Kier alpha value is -3.82. The number of pyridine rings is 2. The van der Waals surface area contributed by atoms with Crippen LogP contribution in [0.15, 0.2) is 60.9 Å². The van der Waals surface area contributed by atoms with E-state index in [-0.39, 0.29) is 11.9 Å². The summed E-state index contributed by atoms with van der Waals surface area (Å²) in [5.74, 6) is 0.203. The number of ether oxygens (including phenoxy) is 1. The fourth-order valence-corrected chi connectivity index (χ4v) is 4.04. The molecule has 2 N–H and O–H groups in total. The van der Waals surface area contributed by atoms with Gasteiger partial charge in [-0.3, -0.25) is 0 Å². The molecule has 1 aliphatic rings. The van der Waals surface area contributed by atoms with Crippen molar-refractivity contribution in [3.63, 3.8) is 0 Å². The van der Waals surface area contributed by atoms with Gasteiger partial charge in [-0.25, -0.2) is 14.4 Å². The minimum atomic E-state index is -4.60. The Labute approximate surface area is 192 Å². The van der Waals surface area contributed by atoms with E-state index in [0.29, 0.717) is 54.1 Å². The summed E-state index contributed by atoms with van der Waals surface area (Å²) in [5.41, 5.74) is 0.471. The summed E-state index contributed by atoms with van der Waals surface area (Å²) >= 11 is 0. The van der Waals surface area contributed by atoms with Gasteiger partial charge < -0.3 is 19.9 Å². The van der Waals surface area contributed by atoms with Crippen LogP contribution in [0.5, 0.6) is 5.88 Å². The highest BCUT2D eigenvalue weighted by Gasteiger charge is 2.34. The molecule has 0 spiro atoms. The van der Waals surface area contributed by atoms with Crippen molar-refractivity contribution in [2.24, 2.45) is 0 Å². The number of nitrogens with one attached hydrogen (secondary N) is 2. The SMILES string of the molecule is Fc1c[nH]c2cc(Nc3cc(N4CCC(Oc5ccccn5)CC4)cc(C(F)(F)F)n3)ccc12. The second-order valence-electron chi connectivity index (χ2n) is 8.09. The minimum absolute atomic E-state index is 0.0550. The van der Waals surface area contributed by atoms with Crippen LogP contribution in [0.2, 0.25) is 0 Å². The lowest BCUT2D eigenvalue weighted by Gasteiger charge is -2.34. The van der Waals surface area contributed by atoms with E-state index in [0.717, 1.165) is 6.07 Å². The topological polar surface area (TPSA) is 66.1 Å². The number of halogens is 4. The van der Waals surface area contributed by atoms with Gasteiger partial charge in [0.25, 0.3) is 0 Å². The van der Waals surface area contributed by atoms with Crippen LogP contribution in [0.1, 0.15) is 18.5 Å². The first-order valence-electron chi connectivity index (χ1n) is 10.8. The van der Waals surface area contributed by atoms with Crippen LogP contribution in [-0.4, -0.2) is 34.1 Å². The summed E-state index contributed by atoms with van der Waals surface area (Å²) in [4.78, 5) is 12.6. The molecular weight excluding hydrogens is 450 g/mol. The lowest BCUT2D eigenvalue weighted by atomic mass is 10.1. The molecule has 5 rings (SSSR count). The van der Waals surface area contributed by atoms with Crippen LogP contribution < -0.4 is 15.0 Å². The quantitative estimate of drug-likeness (QED) is 0.355. The maximum absolute atomic E-state index is 13.7. The Kier molecular flexibility index (Phi) is 5.72. The van der Waals surface area contributed by atoms with E-state index in [2.05, 4.69) is 20.3 Å². The highest BCUT2D eigenvalue weighted by Crippen LogP contribution is 2.34. The average Bonchev–Trinajstić information content (AvgIpc) is 3.19. The number of H-pyrrole nitrogens is 1. The number of aromatic nitrogens is 3. The van der Waals surface area contributed by atoms with E-state index in [1.54, 1.807) is 42.6 Å². The summed E-state index contributed by atoms with van der Waals surface area (Å²) in [6, 6.07) is 12.9. The zero-order chi connectivity index (χ0) is 23.7. The normalized spacial score (nSPS) is 15.0. The predicted octanol–water partition coefficient (Wildman–Crippen LogP) is 5.91. The van der Waals surface area contributed by atoms with Gasteiger partial charge in [0.05, 0.1) is 5.52 Å². The molecule has 34 heavy (non-hydrogen) atoms. The molecule has 10 heteroatoms. The van der Waals surface area contributed by atoms with Crippen LogP contribution in [0.3, 0.4) is 0 Å². The molecule has 0 unspecified atom stereocenters. The summed E-state index contributed by atoms with van der Waals surface area (Å²) in [6.07, 6.45) is -0.467. The average molecular weight is 471 g/mol. The standard InChI is InChI=1S/C24H21F4N5O/c25-19-14-30-20-11-15(4-5-18(19)20)31-22-13-16(12-21(32-22)24(26,27)28)33-9-6-17(7-10-33)34-23-3-1-2-8-29-23/h1-5,8,11-14,17,30H,6-7,9-10H2,(H,31,32). The van der Waals surface area contributed by atoms with Gasteiger partial charge in [-0.1, -0.05) is 6.07 Å². The Balaban J connectivity index is 1.35. The van der Waals surface area contributed by atoms with Gasteiger partial charge in [-0.05, 0) is 30.3 Å². The fourth-order valence-electron chi connectivity index (χ4n) is 4.04. The van der Waals surface area contributed by atoms with Crippen molar-refractivity contribution in [3.05, 3.63) is 72.4 Å². The molecule has 1 aliphatic heterocycles. The molecule has 0 bridgehead atoms. The van der Waals surface area contributed by atoms with E-state index < -0.39 is 17.7 Å². The van der Waals surface area contributed by atoms with Crippen LogP contribution in [0.25, 0.3) is 10.9 Å². The zero-order valence-electron chi connectivity index (χ0n) is 17.9. The maximum Gasteiger partial charge on any atom is 0.433 e. The molecular formula is C24H21F4N5O. The maximum atomic E-state index is 13.7. The highest BCUT2D eigenvalue weighted by molar-refractivity contribution is 5.84. The molecule has 4 heterocycles. The minimum Gasteiger partial charge on any atom is -0.474 e. The molecule has 0 amide bonds. The zero-order valence-corrected chi connectivity index (χ0v) is 17.9. The number of fused-ring (bicyclic) bond motifs is 1. The highest BCUT2D eigenvalue weighted by atomic mass is 19.4. The predicted molar refractivity (Wildman–Crippen MR) is 121 cm³/mol. The number of alkyl halides is 3. The Bertz CT molecular complexity index is 1280. The van der Waals surface area contributed by atoms with E-state index in [1.165, 1.54) is 6.20 Å². The van der Waals surface area contributed by atoms with E-state index >= 15 is 0 Å². The summed E-state index contributed by atoms with van der Waals surface area (Å²) < 4.78 is 60.3. The second-order valence-corrected chi connectivity index (χ2v) is 8.09. The third-order valence-electron chi connectivity index (χ3n) is 5.74. The Morgan fingerprint density at radius 2 is 1.88 bits per heavy atom. The summed E-state index contributed by atoms with van der Waals surface area (Å²) in [6.45, 7) is 1.07. The van der Waals surface area contributed by atoms with Crippen molar-refractivity contribution in [3.8, 4) is 5.88 Å². The molecule has 3 aromatic heterocycles. The number of aromatic amines is 1. The molecule has 0 aliphatic carbocycles. The number of nitrogens with zero attached hydrogens (tertiary/aromatic N) is 3. The van der Waals surface area contributed by atoms with Gasteiger partial charge in [0.2, 0.25) is 5.88 Å². The summed E-state index contributed by atoms with van der Waals surface area (Å²) in [5, 5.41) is 3.33. The molecule has 1 aromatic carbocycles. The third-order valence-corrected chi connectivity index (χ3v) is 5.74.